The van der Waals surface area contributed by atoms with Crippen LogP contribution in [0.5, 0.6) is 5.75 Å². The van der Waals surface area contributed by atoms with Crippen molar-refractivity contribution in [3.63, 3.8) is 0 Å². The van der Waals surface area contributed by atoms with Crippen molar-refractivity contribution >= 4 is 29.2 Å². The van der Waals surface area contributed by atoms with E-state index in [-0.39, 0.29) is 11.3 Å². The van der Waals surface area contributed by atoms with Gasteiger partial charge in [0, 0.05) is 0 Å². The number of hydrogen-bond acceptors (Lipinski definition) is 3. The second kappa shape index (κ2) is 5.51. The van der Waals surface area contributed by atoms with Crippen LogP contribution in [0.15, 0.2) is 24.3 Å². The minimum absolute atomic E-state index is 0.158. The van der Waals surface area contributed by atoms with E-state index < -0.39 is 16.9 Å². The van der Waals surface area contributed by atoms with Gasteiger partial charge in [0.15, 0.2) is 0 Å². The quantitative estimate of drug-likeness (QED) is 0.629. The molecule has 0 N–H and O–H groups in total. The second-order valence-corrected chi connectivity index (χ2v) is 4.08. The molecule has 0 unspecified atom stereocenters. The van der Waals surface area contributed by atoms with Crippen LogP contribution in [0.1, 0.15) is 10.4 Å². The standard InChI is InChI=1S/C10H8Cl2F2O3/c1-16-8(15)6-2-4-7(5-3-6)17-10(13,14)9(11)12/h2-5,9H,1H3. The highest BCUT2D eigenvalue weighted by Crippen LogP contribution is 2.30. The lowest BCUT2D eigenvalue weighted by molar-refractivity contribution is -0.163. The van der Waals surface area contributed by atoms with Crippen molar-refractivity contribution in [1.82, 2.24) is 0 Å². The summed E-state index contributed by atoms with van der Waals surface area (Å²) in [5, 5.41) is 0. The second-order valence-electron chi connectivity index (χ2n) is 2.98. The topological polar surface area (TPSA) is 35.5 Å². The van der Waals surface area contributed by atoms with Crippen LogP contribution in [-0.2, 0) is 4.74 Å². The maximum Gasteiger partial charge on any atom is 0.428 e. The first-order chi connectivity index (χ1) is 7.86. The third kappa shape index (κ3) is 3.71. The molecule has 0 atom stereocenters. The Morgan fingerprint density at radius 1 is 1.29 bits per heavy atom. The van der Waals surface area contributed by atoms with E-state index in [1.54, 1.807) is 0 Å². The van der Waals surface area contributed by atoms with Crippen LogP contribution in [0, 0.1) is 0 Å². The van der Waals surface area contributed by atoms with Gasteiger partial charge in [0.2, 0.25) is 4.84 Å². The summed E-state index contributed by atoms with van der Waals surface area (Å²) in [6, 6.07) is 4.95. The van der Waals surface area contributed by atoms with Crippen LogP contribution in [0.25, 0.3) is 0 Å². The van der Waals surface area contributed by atoms with E-state index in [1.165, 1.54) is 31.4 Å². The monoisotopic (exact) mass is 284 g/mol. The predicted octanol–water partition coefficient (Wildman–Crippen LogP) is 3.25. The van der Waals surface area contributed by atoms with E-state index in [1.807, 2.05) is 0 Å². The molecule has 94 valence electrons. The number of benzene rings is 1. The molecule has 1 aromatic carbocycles. The van der Waals surface area contributed by atoms with Gasteiger partial charge in [-0.05, 0) is 24.3 Å². The van der Waals surface area contributed by atoms with Gasteiger partial charge >= 0.3 is 12.1 Å². The minimum atomic E-state index is -3.70. The number of carbonyl (C=O) groups excluding carboxylic acids is 1. The SMILES string of the molecule is COC(=O)c1ccc(OC(F)(F)C(Cl)Cl)cc1. The number of carbonyl (C=O) groups is 1. The lowest BCUT2D eigenvalue weighted by atomic mass is 10.2. The van der Waals surface area contributed by atoms with Crippen molar-refractivity contribution in [3.05, 3.63) is 29.8 Å². The molecular weight excluding hydrogens is 277 g/mol. The first-order valence-corrected chi connectivity index (χ1v) is 5.27. The Bertz CT molecular complexity index is 393. The first-order valence-electron chi connectivity index (χ1n) is 4.40. The van der Waals surface area contributed by atoms with Crippen LogP contribution in [0.4, 0.5) is 8.78 Å². The molecular formula is C10H8Cl2F2O3. The molecule has 0 fully saturated rings. The maximum atomic E-state index is 13.0. The van der Waals surface area contributed by atoms with Gasteiger partial charge in [-0.25, -0.2) is 4.79 Å². The zero-order valence-corrected chi connectivity index (χ0v) is 10.1. The highest BCUT2D eigenvalue weighted by atomic mass is 35.5. The molecule has 0 saturated carbocycles. The van der Waals surface area contributed by atoms with Crippen LogP contribution in [0.3, 0.4) is 0 Å². The Labute approximate surface area is 106 Å². The Morgan fingerprint density at radius 2 is 1.82 bits per heavy atom. The summed E-state index contributed by atoms with van der Waals surface area (Å²) in [5.74, 6) is -0.732. The third-order valence-corrected chi connectivity index (χ3v) is 2.29. The van der Waals surface area contributed by atoms with Gasteiger partial charge in [-0.15, -0.1) is 0 Å². The van der Waals surface area contributed by atoms with Crippen LogP contribution < -0.4 is 4.74 Å². The summed E-state index contributed by atoms with van der Waals surface area (Å²) >= 11 is 10.1. The largest absolute Gasteiger partial charge is 0.465 e. The number of hydrogen-bond donors (Lipinski definition) is 0. The summed E-state index contributed by atoms with van der Waals surface area (Å²) in [4.78, 5) is 9.08. The van der Waals surface area contributed by atoms with E-state index in [4.69, 9.17) is 23.2 Å². The molecule has 3 nitrogen and oxygen atoms in total. The molecule has 7 heteroatoms. The summed E-state index contributed by atoms with van der Waals surface area (Å²) in [7, 11) is 1.21. The Morgan fingerprint density at radius 3 is 2.24 bits per heavy atom. The van der Waals surface area contributed by atoms with Crippen molar-refractivity contribution in [2.45, 2.75) is 10.9 Å². The van der Waals surface area contributed by atoms with Gasteiger partial charge < -0.3 is 9.47 Å². The van der Waals surface area contributed by atoms with Gasteiger partial charge in [-0.2, -0.15) is 8.78 Å². The predicted molar refractivity (Wildman–Crippen MR) is 58.9 cm³/mol. The fourth-order valence-electron chi connectivity index (χ4n) is 0.979. The third-order valence-electron chi connectivity index (χ3n) is 1.78. The average Bonchev–Trinajstić information content (AvgIpc) is 2.28. The zero-order valence-electron chi connectivity index (χ0n) is 8.62. The molecule has 1 aromatic rings. The van der Waals surface area contributed by atoms with E-state index in [0.717, 1.165) is 0 Å². The average molecular weight is 285 g/mol. The van der Waals surface area contributed by atoms with Gasteiger partial charge in [0.25, 0.3) is 0 Å². The van der Waals surface area contributed by atoms with Crippen LogP contribution in [-0.4, -0.2) is 24.0 Å². The Hall–Kier alpha value is -1.07. The molecule has 0 heterocycles. The van der Waals surface area contributed by atoms with Gasteiger partial charge in [0.05, 0.1) is 12.7 Å². The molecule has 0 bridgehead atoms. The van der Waals surface area contributed by atoms with Crippen molar-refractivity contribution in [3.8, 4) is 5.75 Å². The molecule has 0 aliphatic carbocycles. The lowest BCUT2D eigenvalue weighted by Gasteiger charge is -2.18. The number of ether oxygens (including phenoxy) is 2. The fraction of sp³-hybridized carbons (Fsp3) is 0.300. The highest BCUT2D eigenvalue weighted by Gasteiger charge is 2.40. The van der Waals surface area contributed by atoms with Crippen molar-refractivity contribution in [1.29, 1.82) is 0 Å². The number of halogens is 4. The van der Waals surface area contributed by atoms with E-state index in [0.29, 0.717) is 0 Å². The number of alkyl halides is 4. The summed E-state index contributed by atoms with van der Waals surface area (Å²) in [5.41, 5.74) is 0.219. The van der Waals surface area contributed by atoms with Crippen molar-refractivity contribution < 1.29 is 23.0 Å². The number of esters is 1. The lowest BCUT2D eigenvalue weighted by Crippen LogP contribution is -2.32. The molecule has 0 saturated heterocycles. The van der Waals surface area contributed by atoms with Gasteiger partial charge in [-0.1, -0.05) is 23.2 Å². The fourth-order valence-corrected chi connectivity index (χ4v) is 1.07. The van der Waals surface area contributed by atoms with Crippen molar-refractivity contribution in [2.24, 2.45) is 0 Å². The Kier molecular flexibility index (Phi) is 4.54. The van der Waals surface area contributed by atoms with Crippen molar-refractivity contribution in [2.75, 3.05) is 7.11 Å². The van der Waals surface area contributed by atoms with E-state index in [9.17, 15) is 13.6 Å². The Balaban J connectivity index is 2.79. The molecule has 0 aliphatic rings. The summed E-state index contributed by atoms with van der Waals surface area (Å²) < 4.78 is 34.7. The molecule has 0 aliphatic heterocycles. The molecule has 0 radical (unpaired) electrons. The molecule has 1 rings (SSSR count). The minimum Gasteiger partial charge on any atom is -0.465 e. The molecule has 0 spiro atoms. The maximum absolute atomic E-state index is 13.0. The summed E-state index contributed by atoms with van der Waals surface area (Å²) in [6.45, 7) is 0. The van der Waals surface area contributed by atoms with Crippen LogP contribution in [0.2, 0.25) is 0 Å². The van der Waals surface area contributed by atoms with E-state index >= 15 is 0 Å². The number of methoxy groups -OCH3 is 1. The molecule has 17 heavy (non-hydrogen) atoms. The molecule has 0 aromatic heterocycles. The molecule has 0 amide bonds. The van der Waals surface area contributed by atoms with E-state index in [2.05, 4.69) is 9.47 Å². The smallest absolute Gasteiger partial charge is 0.428 e. The number of rotatable bonds is 4. The zero-order chi connectivity index (χ0) is 13.1. The highest BCUT2D eigenvalue weighted by molar-refractivity contribution is 6.44. The van der Waals surface area contributed by atoms with Gasteiger partial charge in [-0.3, -0.25) is 0 Å². The van der Waals surface area contributed by atoms with Gasteiger partial charge in [0.1, 0.15) is 5.75 Å². The first kappa shape index (κ1) is 14.0. The summed E-state index contributed by atoms with van der Waals surface area (Å²) in [6.07, 6.45) is -3.70. The normalized spacial score (nSPS) is 11.4. The van der Waals surface area contributed by atoms with Crippen LogP contribution >= 0.6 is 23.2 Å².